The van der Waals surface area contributed by atoms with Crippen LogP contribution in [0.25, 0.3) is 16.7 Å². The Labute approximate surface area is 127 Å². The zero-order valence-corrected chi connectivity index (χ0v) is 12.9. The molecule has 114 valence electrons. The summed E-state index contributed by atoms with van der Waals surface area (Å²) in [4.78, 5) is 21.7. The molecular formula is C15H18N6O. The van der Waals surface area contributed by atoms with E-state index < -0.39 is 0 Å². The lowest BCUT2D eigenvalue weighted by molar-refractivity contribution is 0.729. The molecule has 0 bridgehead atoms. The van der Waals surface area contributed by atoms with Crippen molar-refractivity contribution in [1.29, 1.82) is 0 Å². The van der Waals surface area contributed by atoms with Gasteiger partial charge in [-0.1, -0.05) is 0 Å². The largest absolute Gasteiger partial charge is 0.354 e. The first kappa shape index (κ1) is 14.2. The third-order valence-corrected chi connectivity index (χ3v) is 3.52. The van der Waals surface area contributed by atoms with Crippen LogP contribution in [0.5, 0.6) is 0 Å². The van der Waals surface area contributed by atoms with Gasteiger partial charge in [0.2, 0.25) is 5.95 Å². The minimum absolute atomic E-state index is 0.112. The van der Waals surface area contributed by atoms with Gasteiger partial charge >= 0.3 is 0 Å². The van der Waals surface area contributed by atoms with Crippen molar-refractivity contribution < 1.29 is 0 Å². The minimum Gasteiger partial charge on any atom is -0.354 e. The lowest BCUT2D eigenvalue weighted by Gasteiger charge is -2.13. The van der Waals surface area contributed by atoms with E-state index in [1.165, 1.54) is 0 Å². The van der Waals surface area contributed by atoms with Gasteiger partial charge < -0.3 is 5.32 Å². The average Bonchev–Trinajstić information content (AvgIpc) is 3.01. The van der Waals surface area contributed by atoms with Gasteiger partial charge in [-0.2, -0.15) is 10.1 Å². The van der Waals surface area contributed by atoms with E-state index in [2.05, 4.69) is 20.4 Å². The molecule has 7 nitrogen and oxygen atoms in total. The van der Waals surface area contributed by atoms with Crippen LogP contribution in [0.2, 0.25) is 0 Å². The van der Waals surface area contributed by atoms with E-state index in [1.54, 1.807) is 27.7 Å². The van der Waals surface area contributed by atoms with Crippen molar-refractivity contribution in [2.75, 3.05) is 11.9 Å². The third-order valence-electron chi connectivity index (χ3n) is 3.52. The van der Waals surface area contributed by atoms with Gasteiger partial charge in [-0.3, -0.25) is 9.36 Å². The van der Waals surface area contributed by atoms with Crippen LogP contribution in [0.15, 0.2) is 29.3 Å². The van der Waals surface area contributed by atoms with Crippen molar-refractivity contribution in [2.24, 2.45) is 0 Å². The summed E-state index contributed by atoms with van der Waals surface area (Å²) in [6.07, 6.45) is 3.41. The maximum Gasteiger partial charge on any atom is 0.278 e. The Morgan fingerprint density at radius 3 is 2.73 bits per heavy atom. The van der Waals surface area contributed by atoms with Crippen LogP contribution < -0.4 is 10.9 Å². The molecule has 0 aliphatic rings. The van der Waals surface area contributed by atoms with Crippen molar-refractivity contribution in [3.05, 3.63) is 40.6 Å². The predicted octanol–water partition coefficient (Wildman–Crippen LogP) is 1.74. The highest BCUT2D eigenvalue weighted by atomic mass is 16.1. The van der Waals surface area contributed by atoms with Gasteiger partial charge in [-0.25, -0.2) is 9.67 Å². The quantitative estimate of drug-likeness (QED) is 0.794. The summed E-state index contributed by atoms with van der Waals surface area (Å²) in [6.45, 7) is 7.09. The summed E-state index contributed by atoms with van der Waals surface area (Å²) < 4.78 is 3.23. The van der Waals surface area contributed by atoms with Gasteiger partial charge in [0.25, 0.3) is 5.56 Å². The van der Waals surface area contributed by atoms with Crippen LogP contribution in [0.1, 0.15) is 19.5 Å². The summed E-state index contributed by atoms with van der Waals surface area (Å²) in [7, 11) is 0. The lowest BCUT2D eigenvalue weighted by Crippen LogP contribution is -2.25. The Bertz CT molecular complexity index is 866. The number of aromatic nitrogens is 5. The number of anilines is 1. The van der Waals surface area contributed by atoms with Crippen molar-refractivity contribution in [3.63, 3.8) is 0 Å². The standard InChI is InChI=1S/C15H18N6O/c1-4-16-15-18-10(3)11-9-12(21-8-6-7-17-21)14(22)20(5-2)13(11)19-15/h6-9H,4-5H2,1-3H3,(H,16,18,19). The number of nitrogens with one attached hydrogen (secondary N) is 1. The van der Waals surface area contributed by atoms with Crippen LogP contribution in [0, 0.1) is 6.92 Å². The van der Waals surface area contributed by atoms with E-state index in [0.29, 0.717) is 23.8 Å². The molecule has 0 amide bonds. The molecule has 0 radical (unpaired) electrons. The second kappa shape index (κ2) is 5.59. The fourth-order valence-corrected chi connectivity index (χ4v) is 2.48. The zero-order chi connectivity index (χ0) is 15.7. The molecule has 0 aliphatic heterocycles. The molecule has 1 N–H and O–H groups in total. The Kier molecular flexibility index (Phi) is 3.62. The number of aryl methyl sites for hydroxylation is 2. The van der Waals surface area contributed by atoms with Crippen molar-refractivity contribution in [1.82, 2.24) is 24.3 Å². The number of hydrogen-bond acceptors (Lipinski definition) is 5. The molecule has 0 fully saturated rings. The normalized spacial score (nSPS) is 11.0. The molecule has 0 unspecified atom stereocenters. The highest BCUT2D eigenvalue weighted by Crippen LogP contribution is 2.18. The fourth-order valence-electron chi connectivity index (χ4n) is 2.48. The fraction of sp³-hybridized carbons (Fsp3) is 0.333. The molecule has 3 aromatic heterocycles. The number of hydrogen-bond donors (Lipinski definition) is 1. The van der Waals surface area contributed by atoms with Crippen LogP contribution >= 0.6 is 0 Å². The molecule has 0 aromatic carbocycles. The molecule has 3 heterocycles. The van der Waals surface area contributed by atoms with E-state index in [-0.39, 0.29) is 5.56 Å². The molecular weight excluding hydrogens is 280 g/mol. The SMILES string of the molecule is CCNc1nc(C)c2cc(-n3cccn3)c(=O)n(CC)c2n1. The third kappa shape index (κ3) is 2.24. The Morgan fingerprint density at radius 1 is 1.27 bits per heavy atom. The van der Waals surface area contributed by atoms with Crippen LogP contribution in [0.3, 0.4) is 0 Å². The summed E-state index contributed by atoms with van der Waals surface area (Å²) in [5.41, 5.74) is 1.87. The number of pyridine rings is 1. The zero-order valence-electron chi connectivity index (χ0n) is 12.9. The van der Waals surface area contributed by atoms with Crippen molar-refractivity contribution >= 4 is 17.0 Å². The van der Waals surface area contributed by atoms with Crippen LogP contribution in [0.4, 0.5) is 5.95 Å². The second-order valence-electron chi connectivity index (χ2n) is 4.93. The molecule has 0 atom stereocenters. The minimum atomic E-state index is -0.112. The van der Waals surface area contributed by atoms with Crippen LogP contribution in [-0.2, 0) is 6.54 Å². The number of fused-ring (bicyclic) bond motifs is 1. The average molecular weight is 298 g/mol. The molecule has 3 aromatic rings. The van der Waals surface area contributed by atoms with E-state index in [1.807, 2.05) is 26.8 Å². The molecule has 0 aliphatic carbocycles. The van der Waals surface area contributed by atoms with Gasteiger partial charge in [-0.05, 0) is 32.9 Å². The smallest absolute Gasteiger partial charge is 0.278 e. The molecule has 0 saturated carbocycles. The summed E-state index contributed by atoms with van der Waals surface area (Å²) >= 11 is 0. The van der Waals surface area contributed by atoms with E-state index in [0.717, 1.165) is 17.6 Å². The first-order valence-electron chi connectivity index (χ1n) is 7.31. The Morgan fingerprint density at radius 2 is 2.09 bits per heavy atom. The predicted molar refractivity (Wildman–Crippen MR) is 85.5 cm³/mol. The molecule has 0 saturated heterocycles. The van der Waals surface area contributed by atoms with E-state index in [4.69, 9.17) is 0 Å². The second-order valence-corrected chi connectivity index (χ2v) is 4.93. The Hall–Kier alpha value is -2.70. The number of rotatable bonds is 4. The van der Waals surface area contributed by atoms with Gasteiger partial charge in [0.05, 0.1) is 5.69 Å². The first-order chi connectivity index (χ1) is 10.7. The van der Waals surface area contributed by atoms with Gasteiger partial charge in [0.15, 0.2) is 0 Å². The highest BCUT2D eigenvalue weighted by Gasteiger charge is 2.14. The van der Waals surface area contributed by atoms with Crippen molar-refractivity contribution in [2.45, 2.75) is 27.3 Å². The highest BCUT2D eigenvalue weighted by molar-refractivity contribution is 5.80. The maximum absolute atomic E-state index is 12.7. The van der Waals surface area contributed by atoms with Gasteiger partial charge in [0.1, 0.15) is 11.3 Å². The molecule has 0 spiro atoms. The topological polar surface area (TPSA) is 77.6 Å². The first-order valence-corrected chi connectivity index (χ1v) is 7.31. The molecule has 22 heavy (non-hydrogen) atoms. The van der Waals surface area contributed by atoms with Gasteiger partial charge in [-0.15, -0.1) is 0 Å². The maximum atomic E-state index is 12.7. The summed E-state index contributed by atoms with van der Waals surface area (Å²) in [5, 5.41) is 8.11. The molecule has 7 heteroatoms. The summed E-state index contributed by atoms with van der Waals surface area (Å²) in [6, 6.07) is 3.60. The summed E-state index contributed by atoms with van der Waals surface area (Å²) in [5.74, 6) is 0.543. The Balaban J connectivity index is 2.36. The lowest BCUT2D eigenvalue weighted by atomic mass is 10.2. The van der Waals surface area contributed by atoms with E-state index >= 15 is 0 Å². The monoisotopic (exact) mass is 298 g/mol. The molecule has 3 rings (SSSR count). The van der Waals surface area contributed by atoms with Crippen LogP contribution in [-0.4, -0.2) is 30.9 Å². The van der Waals surface area contributed by atoms with Gasteiger partial charge in [0, 0.05) is 30.9 Å². The van der Waals surface area contributed by atoms with Crippen molar-refractivity contribution in [3.8, 4) is 5.69 Å². The van der Waals surface area contributed by atoms with E-state index in [9.17, 15) is 4.79 Å². The number of nitrogens with zero attached hydrogens (tertiary/aromatic N) is 5.